The van der Waals surface area contributed by atoms with Crippen molar-refractivity contribution >= 4 is 28.9 Å². The molecule has 0 aromatic heterocycles. The summed E-state index contributed by atoms with van der Waals surface area (Å²) in [7, 11) is 4.56. The van der Waals surface area contributed by atoms with Gasteiger partial charge in [0, 0.05) is 32.5 Å². The minimum atomic E-state index is -5.00. The molecule has 1 aliphatic heterocycles. The summed E-state index contributed by atoms with van der Waals surface area (Å²) < 4.78 is 45.8. The largest absolute Gasteiger partial charge is 0.454 e. The van der Waals surface area contributed by atoms with Gasteiger partial charge in [0.2, 0.25) is 5.06 Å². The second-order valence-electron chi connectivity index (χ2n) is 6.14. The molecule has 1 aliphatic rings. The van der Waals surface area contributed by atoms with Gasteiger partial charge in [0.25, 0.3) is 5.78 Å². The van der Waals surface area contributed by atoms with Crippen LogP contribution in [0, 0.1) is 0 Å². The van der Waals surface area contributed by atoms with Crippen LogP contribution in [-0.4, -0.2) is 48.9 Å². The number of methoxy groups -OCH3 is 1. The van der Waals surface area contributed by atoms with Gasteiger partial charge in [-0.2, -0.15) is 13.2 Å². The highest BCUT2D eigenvalue weighted by molar-refractivity contribution is 8.00. The summed E-state index contributed by atoms with van der Waals surface area (Å²) in [5, 5.41) is 1.44. The molecule has 26 heavy (non-hydrogen) atoms. The number of halogens is 3. The Morgan fingerprint density at radius 2 is 1.96 bits per heavy atom. The Bertz CT molecular complexity index is 704. The molecule has 1 unspecified atom stereocenters. The Hall–Kier alpha value is -1.67. The van der Waals surface area contributed by atoms with Crippen LogP contribution in [0.5, 0.6) is 0 Å². The normalized spacial score (nSPS) is 19.8. The van der Waals surface area contributed by atoms with E-state index in [4.69, 9.17) is 4.74 Å². The van der Waals surface area contributed by atoms with Gasteiger partial charge in [-0.05, 0) is 18.2 Å². The molecule has 0 bridgehead atoms. The number of Topliss-reactive ketones (excluding diaryl/α,β-unsaturated/α-hetero) is 1. The zero-order chi connectivity index (χ0) is 19.5. The fourth-order valence-corrected chi connectivity index (χ4v) is 4.23. The molecule has 144 valence electrons. The molecule has 1 aromatic carbocycles. The molecule has 0 radical (unpaired) electrons. The van der Waals surface area contributed by atoms with Crippen molar-refractivity contribution in [2.45, 2.75) is 31.0 Å². The van der Waals surface area contributed by atoms with Crippen LogP contribution in [0.4, 0.5) is 18.9 Å². The molecule has 0 aliphatic carbocycles. The third-order valence-corrected chi connectivity index (χ3v) is 5.44. The molecular formula is C18H23F3N2O2S. The van der Waals surface area contributed by atoms with Crippen LogP contribution >= 0.6 is 11.8 Å². The molecule has 0 saturated carbocycles. The Morgan fingerprint density at radius 3 is 2.50 bits per heavy atom. The quantitative estimate of drug-likeness (QED) is 0.556. The number of benzene rings is 1. The molecule has 2 rings (SSSR count). The highest BCUT2D eigenvalue weighted by atomic mass is 32.2. The number of hydrogen-bond acceptors (Lipinski definition) is 5. The minimum Gasteiger partial charge on any atom is -0.377 e. The molecule has 0 saturated heterocycles. The maximum atomic E-state index is 13.4. The number of para-hydroxylation sites is 1. The average molecular weight is 388 g/mol. The Morgan fingerprint density at radius 1 is 1.31 bits per heavy atom. The first-order valence-corrected chi connectivity index (χ1v) is 9.26. The maximum absolute atomic E-state index is 13.4. The van der Waals surface area contributed by atoms with Crippen molar-refractivity contribution in [2.24, 2.45) is 0 Å². The van der Waals surface area contributed by atoms with E-state index in [0.717, 1.165) is 12.8 Å². The van der Waals surface area contributed by atoms with Gasteiger partial charge in [0.15, 0.2) is 0 Å². The van der Waals surface area contributed by atoms with Crippen molar-refractivity contribution in [2.75, 3.05) is 32.3 Å². The van der Waals surface area contributed by atoms with Crippen LogP contribution in [-0.2, 0) is 9.53 Å². The molecular weight excluding hydrogens is 365 g/mol. The van der Waals surface area contributed by atoms with E-state index in [9.17, 15) is 18.0 Å². The lowest BCUT2D eigenvalue weighted by Crippen LogP contribution is -2.49. The fraction of sp³-hybridized carbons (Fsp3) is 0.500. The molecule has 0 fully saturated rings. The maximum Gasteiger partial charge on any atom is 0.454 e. The van der Waals surface area contributed by atoms with E-state index in [-0.39, 0.29) is 5.70 Å². The monoisotopic (exact) mass is 388 g/mol. The fourth-order valence-electron chi connectivity index (χ4n) is 2.87. The van der Waals surface area contributed by atoms with Crippen LogP contribution in [0.15, 0.2) is 29.8 Å². The zero-order valence-corrected chi connectivity index (χ0v) is 16.1. The van der Waals surface area contributed by atoms with Crippen molar-refractivity contribution in [1.82, 2.24) is 4.90 Å². The molecule has 8 heteroatoms. The van der Waals surface area contributed by atoms with E-state index in [2.05, 4.69) is 5.32 Å². The van der Waals surface area contributed by atoms with E-state index in [0.29, 0.717) is 17.0 Å². The van der Waals surface area contributed by atoms with E-state index in [1.807, 2.05) is 6.92 Å². The van der Waals surface area contributed by atoms with E-state index in [1.54, 1.807) is 38.4 Å². The van der Waals surface area contributed by atoms with Crippen LogP contribution in [0.2, 0.25) is 0 Å². The van der Waals surface area contributed by atoms with Crippen molar-refractivity contribution in [3.63, 3.8) is 0 Å². The highest BCUT2D eigenvalue weighted by Gasteiger charge is 2.53. The van der Waals surface area contributed by atoms with Crippen molar-refractivity contribution < 1.29 is 22.7 Å². The predicted octanol–water partition coefficient (Wildman–Crippen LogP) is 4.35. The number of fused-ring (bicyclic) bond motifs is 1. The lowest BCUT2D eigenvalue weighted by atomic mass is 9.94. The van der Waals surface area contributed by atoms with Gasteiger partial charge in [0.1, 0.15) is 0 Å². The first kappa shape index (κ1) is 20.6. The molecule has 4 nitrogen and oxygen atoms in total. The van der Waals surface area contributed by atoms with Gasteiger partial charge in [-0.15, -0.1) is 11.8 Å². The van der Waals surface area contributed by atoms with Gasteiger partial charge in [-0.25, -0.2) is 0 Å². The van der Waals surface area contributed by atoms with Crippen LogP contribution in [0.25, 0.3) is 5.70 Å². The van der Waals surface area contributed by atoms with Gasteiger partial charge in [0.05, 0.1) is 11.3 Å². The first-order valence-electron chi connectivity index (χ1n) is 8.28. The predicted molar refractivity (Wildman–Crippen MR) is 98.8 cm³/mol. The van der Waals surface area contributed by atoms with Gasteiger partial charge in [-0.1, -0.05) is 31.5 Å². The number of hydrogen-bond donors (Lipinski definition) is 1. The third kappa shape index (κ3) is 3.86. The van der Waals surface area contributed by atoms with E-state index < -0.39 is 22.6 Å². The number of alkyl halides is 3. The number of rotatable bonds is 7. The van der Waals surface area contributed by atoms with Gasteiger partial charge < -0.3 is 15.0 Å². The number of thioether (sulfide) groups is 1. The Kier molecular flexibility index (Phi) is 6.29. The van der Waals surface area contributed by atoms with Gasteiger partial charge >= 0.3 is 6.18 Å². The van der Waals surface area contributed by atoms with E-state index in [1.165, 1.54) is 23.8 Å². The Labute approximate surface area is 155 Å². The summed E-state index contributed by atoms with van der Waals surface area (Å²) in [6.07, 6.45) is -3.32. The van der Waals surface area contributed by atoms with Crippen molar-refractivity contribution in [3.05, 3.63) is 35.4 Å². The Balaban J connectivity index is 2.74. The molecule has 1 heterocycles. The second-order valence-corrected chi connectivity index (χ2v) is 7.41. The first-order chi connectivity index (χ1) is 12.2. The zero-order valence-electron chi connectivity index (χ0n) is 15.2. The van der Waals surface area contributed by atoms with Crippen LogP contribution < -0.4 is 5.32 Å². The highest BCUT2D eigenvalue weighted by Crippen LogP contribution is 2.48. The van der Waals surface area contributed by atoms with E-state index >= 15 is 0 Å². The average Bonchev–Trinajstić information content (AvgIpc) is 2.59. The lowest BCUT2D eigenvalue weighted by molar-refractivity contribution is -0.167. The molecule has 1 N–H and O–H groups in total. The number of ketones is 1. The van der Waals surface area contributed by atoms with Crippen LogP contribution in [0.1, 0.15) is 25.3 Å². The SMILES string of the molecule is CCCCSC1(OC)Nc2ccccc2C(N(C)C)=C1C(=O)C(F)(F)F. The smallest absolute Gasteiger partial charge is 0.377 e. The summed E-state index contributed by atoms with van der Waals surface area (Å²) in [5.74, 6) is -1.34. The number of nitrogens with one attached hydrogen (secondary N) is 1. The molecule has 1 atom stereocenters. The molecule has 1 aromatic rings. The van der Waals surface area contributed by atoms with Crippen molar-refractivity contribution in [3.8, 4) is 0 Å². The number of anilines is 1. The summed E-state index contributed by atoms with van der Waals surface area (Å²) in [5.41, 5.74) is 0.958. The summed E-state index contributed by atoms with van der Waals surface area (Å²) >= 11 is 1.17. The van der Waals surface area contributed by atoms with Gasteiger partial charge in [-0.3, -0.25) is 4.79 Å². The standard InChI is InChI=1S/C18H23F3N2O2S/c1-5-6-11-26-18(25-4)14(16(24)17(19,20)21)15(23(2)3)12-9-7-8-10-13(12)22-18/h7-10,22H,5-6,11H2,1-4H3. The minimum absolute atomic E-state index is 0.215. The summed E-state index contributed by atoms with van der Waals surface area (Å²) in [4.78, 5) is 13.9. The van der Waals surface area contributed by atoms with Crippen molar-refractivity contribution in [1.29, 1.82) is 0 Å². The number of carbonyl (C=O) groups is 1. The number of ether oxygens (including phenoxy) is 1. The topological polar surface area (TPSA) is 41.6 Å². The number of carbonyl (C=O) groups excluding carboxylic acids is 1. The second kappa shape index (κ2) is 7.92. The molecule has 0 amide bonds. The van der Waals surface area contributed by atoms with Crippen LogP contribution in [0.3, 0.4) is 0 Å². The summed E-state index contributed by atoms with van der Waals surface area (Å²) in [6, 6.07) is 6.97. The number of unbranched alkanes of at least 4 members (excludes halogenated alkanes) is 1. The third-order valence-electron chi connectivity index (χ3n) is 4.07. The molecule has 0 spiro atoms. The lowest BCUT2D eigenvalue weighted by Gasteiger charge is -2.42. The number of nitrogens with zero attached hydrogens (tertiary/aromatic N) is 1. The summed E-state index contributed by atoms with van der Waals surface area (Å²) in [6.45, 7) is 1.99.